The number of nitrogens with zero attached hydrogens (tertiary/aromatic N) is 4. The third kappa shape index (κ3) is 4.84. The van der Waals surface area contributed by atoms with Crippen molar-refractivity contribution in [3.05, 3.63) is 76.6 Å². The lowest BCUT2D eigenvalue weighted by Crippen LogP contribution is -2.35. The van der Waals surface area contributed by atoms with Crippen molar-refractivity contribution in [1.29, 1.82) is 0 Å². The van der Waals surface area contributed by atoms with Gasteiger partial charge in [0.2, 0.25) is 5.91 Å². The number of nitro benzene ring substituents is 1. The fourth-order valence-electron chi connectivity index (χ4n) is 2.75. The van der Waals surface area contributed by atoms with E-state index < -0.39 is 10.8 Å². The van der Waals surface area contributed by atoms with Crippen LogP contribution in [0.1, 0.15) is 10.5 Å². The number of nitro groups is 1. The second-order valence-electron chi connectivity index (χ2n) is 6.33. The molecule has 0 atom stereocenters. The number of anilines is 1. The first-order valence-electron chi connectivity index (χ1n) is 8.88. The molecule has 154 valence electrons. The first-order valence-corrected chi connectivity index (χ1v) is 10.1. The van der Waals surface area contributed by atoms with E-state index in [1.54, 1.807) is 18.2 Å². The Labute approximate surface area is 176 Å². The number of benzene rings is 2. The second kappa shape index (κ2) is 9.23. The van der Waals surface area contributed by atoms with Crippen molar-refractivity contribution in [2.75, 3.05) is 25.2 Å². The summed E-state index contributed by atoms with van der Waals surface area (Å²) in [4.78, 5) is 37.6. The molecule has 2 amide bonds. The molecule has 0 radical (unpaired) electrons. The molecular weight excluding hydrogens is 406 g/mol. The number of hydrogen-bond acceptors (Lipinski definition) is 6. The van der Waals surface area contributed by atoms with E-state index >= 15 is 0 Å². The molecule has 0 aliphatic heterocycles. The molecule has 2 aromatic carbocycles. The number of likely N-dealkylation sites (N-methyl/N-ethyl adjacent to an activating group) is 1. The highest BCUT2D eigenvalue weighted by molar-refractivity contribution is 7.98. The largest absolute Gasteiger partial charge is 0.331 e. The lowest BCUT2D eigenvalue weighted by molar-refractivity contribution is -0.384. The van der Waals surface area contributed by atoms with Gasteiger partial charge in [-0.15, -0.1) is 11.8 Å². The molecule has 0 fully saturated rings. The summed E-state index contributed by atoms with van der Waals surface area (Å²) in [7, 11) is 1.51. The summed E-state index contributed by atoms with van der Waals surface area (Å²) in [5, 5.41) is 17.9. The van der Waals surface area contributed by atoms with Gasteiger partial charge in [-0.1, -0.05) is 18.2 Å². The third-order valence-corrected chi connectivity index (χ3v) is 5.02. The number of rotatable bonds is 7. The summed E-state index contributed by atoms with van der Waals surface area (Å²) in [6, 6.07) is 14.8. The molecule has 3 aromatic rings. The Morgan fingerprint density at radius 1 is 1.20 bits per heavy atom. The summed E-state index contributed by atoms with van der Waals surface area (Å²) in [6.45, 7) is -0.148. The van der Waals surface area contributed by atoms with E-state index in [0.29, 0.717) is 11.4 Å². The smallest absolute Gasteiger partial charge is 0.274 e. The number of nitrogens with one attached hydrogen (secondary N) is 1. The van der Waals surface area contributed by atoms with Crippen LogP contribution in [0.3, 0.4) is 0 Å². The van der Waals surface area contributed by atoms with Crippen LogP contribution < -0.4 is 5.32 Å². The van der Waals surface area contributed by atoms with E-state index in [9.17, 15) is 19.7 Å². The molecule has 10 heteroatoms. The summed E-state index contributed by atoms with van der Waals surface area (Å²) < 4.78 is 1.38. The normalized spacial score (nSPS) is 10.5. The molecule has 1 N–H and O–H groups in total. The Balaban J connectivity index is 1.67. The van der Waals surface area contributed by atoms with Crippen molar-refractivity contribution >= 4 is 35.0 Å². The summed E-state index contributed by atoms with van der Waals surface area (Å²) in [5.74, 6) is -0.766. The van der Waals surface area contributed by atoms with Crippen molar-refractivity contribution in [1.82, 2.24) is 14.7 Å². The van der Waals surface area contributed by atoms with Crippen LogP contribution in [0, 0.1) is 10.1 Å². The molecule has 0 aliphatic carbocycles. The Morgan fingerprint density at radius 2 is 1.97 bits per heavy atom. The van der Waals surface area contributed by atoms with Gasteiger partial charge in [0.25, 0.3) is 11.6 Å². The monoisotopic (exact) mass is 425 g/mol. The van der Waals surface area contributed by atoms with Gasteiger partial charge in [-0.05, 0) is 30.5 Å². The van der Waals surface area contributed by atoms with Crippen LogP contribution in [0.15, 0.2) is 65.7 Å². The van der Waals surface area contributed by atoms with E-state index in [-0.39, 0.29) is 23.8 Å². The van der Waals surface area contributed by atoms with Gasteiger partial charge in [-0.3, -0.25) is 19.7 Å². The SMILES string of the molecule is CSc1ccccc1NC(=O)CN(C)C(=O)c1ccn(-c2cccc([N+](=O)[O-])c2)n1. The predicted octanol–water partition coefficient (Wildman–Crippen LogP) is 3.21. The lowest BCUT2D eigenvalue weighted by Gasteiger charge is -2.16. The highest BCUT2D eigenvalue weighted by Gasteiger charge is 2.19. The molecular formula is C20H19N5O4S. The fraction of sp³-hybridized carbons (Fsp3) is 0.150. The molecule has 0 unspecified atom stereocenters. The number of para-hydroxylation sites is 1. The molecule has 0 saturated carbocycles. The Kier molecular flexibility index (Phi) is 6.48. The van der Waals surface area contributed by atoms with Crippen LogP contribution in [-0.4, -0.2) is 51.3 Å². The molecule has 0 saturated heterocycles. The van der Waals surface area contributed by atoms with Gasteiger partial charge in [0, 0.05) is 30.3 Å². The van der Waals surface area contributed by atoms with Crippen molar-refractivity contribution in [2.45, 2.75) is 4.90 Å². The molecule has 1 heterocycles. The topological polar surface area (TPSA) is 110 Å². The van der Waals surface area contributed by atoms with Gasteiger partial charge in [-0.25, -0.2) is 4.68 Å². The standard InChI is InChI=1S/C20H19N5O4S/c1-23(13-19(26)21-16-8-3-4-9-18(16)30-2)20(27)17-10-11-24(22-17)14-6-5-7-15(12-14)25(28)29/h3-12H,13H2,1-2H3,(H,21,26). The van der Waals surface area contributed by atoms with Crippen molar-refractivity contribution in [3.8, 4) is 5.69 Å². The Hall–Kier alpha value is -3.66. The van der Waals surface area contributed by atoms with E-state index in [2.05, 4.69) is 10.4 Å². The highest BCUT2D eigenvalue weighted by Crippen LogP contribution is 2.24. The van der Waals surface area contributed by atoms with Gasteiger partial charge in [0.05, 0.1) is 22.8 Å². The van der Waals surface area contributed by atoms with Crippen LogP contribution in [-0.2, 0) is 4.79 Å². The molecule has 30 heavy (non-hydrogen) atoms. The van der Waals surface area contributed by atoms with Crippen LogP contribution >= 0.6 is 11.8 Å². The molecule has 0 spiro atoms. The van der Waals surface area contributed by atoms with E-state index in [4.69, 9.17) is 0 Å². The zero-order valence-electron chi connectivity index (χ0n) is 16.3. The average molecular weight is 425 g/mol. The van der Waals surface area contributed by atoms with Gasteiger partial charge in [0.15, 0.2) is 5.69 Å². The first kappa shape index (κ1) is 21.1. The van der Waals surface area contributed by atoms with Crippen LogP contribution in [0.5, 0.6) is 0 Å². The third-order valence-electron chi connectivity index (χ3n) is 4.22. The van der Waals surface area contributed by atoms with Crippen molar-refractivity contribution in [2.24, 2.45) is 0 Å². The maximum absolute atomic E-state index is 12.6. The number of carbonyl (C=O) groups excluding carboxylic acids is 2. The van der Waals surface area contributed by atoms with Crippen molar-refractivity contribution < 1.29 is 14.5 Å². The van der Waals surface area contributed by atoms with Crippen molar-refractivity contribution in [3.63, 3.8) is 0 Å². The maximum Gasteiger partial charge on any atom is 0.274 e. The number of non-ortho nitro benzene ring substituents is 1. The second-order valence-corrected chi connectivity index (χ2v) is 7.18. The zero-order valence-corrected chi connectivity index (χ0v) is 17.1. The Morgan fingerprint density at radius 3 is 2.70 bits per heavy atom. The lowest BCUT2D eigenvalue weighted by atomic mass is 10.3. The maximum atomic E-state index is 12.6. The van der Waals surface area contributed by atoms with Gasteiger partial charge in [-0.2, -0.15) is 5.10 Å². The number of hydrogen-bond donors (Lipinski definition) is 1. The minimum Gasteiger partial charge on any atom is -0.331 e. The molecule has 3 rings (SSSR count). The van der Waals surface area contributed by atoms with E-state index in [0.717, 1.165) is 4.90 Å². The summed E-state index contributed by atoms with van der Waals surface area (Å²) in [6.07, 6.45) is 3.45. The van der Waals surface area contributed by atoms with Crippen LogP contribution in [0.4, 0.5) is 11.4 Å². The van der Waals surface area contributed by atoms with Crippen LogP contribution in [0.25, 0.3) is 5.69 Å². The molecule has 9 nitrogen and oxygen atoms in total. The predicted molar refractivity (Wildman–Crippen MR) is 114 cm³/mol. The minimum atomic E-state index is -0.499. The molecule has 0 bridgehead atoms. The van der Waals surface area contributed by atoms with Gasteiger partial charge < -0.3 is 10.2 Å². The minimum absolute atomic E-state index is 0.0739. The number of thioether (sulfide) groups is 1. The zero-order chi connectivity index (χ0) is 21.7. The number of aromatic nitrogens is 2. The summed E-state index contributed by atoms with van der Waals surface area (Å²) >= 11 is 1.51. The quantitative estimate of drug-likeness (QED) is 0.354. The Bertz CT molecular complexity index is 1100. The number of amides is 2. The van der Waals surface area contributed by atoms with E-state index in [1.807, 2.05) is 24.5 Å². The highest BCUT2D eigenvalue weighted by atomic mass is 32.2. The average Bonchev–Trinajstić information content (AvgIpc) is 3.23. The molecule has 0 aliphatic rings. The summed E-state index contributed by atoms with van der Waals surface area (Å²) in [5.41, 5.74) is 1.19. The van der Waals surface area contributed by atoms with Gasteiger partial charge in [0.1, 0.15) is 0 Å². The van der Waals surface area contributed by atoms with Gasteiger partial charge >= 0.3 is 0 Å². The molecule has 1 aromatic heterocycles. The number of carbonyl (C=O) groups is 2. The van der Waals surface area contributed by atoms with E-state index in [1.165, 1.54) is 52.8 Å². The van der Waals surface area contributed by atoms with Crippen LogP contribution in [0.2, 0.25) is 0 Å². The first-order chi connectivity index (χ1) is 14.4. The fourth-order valence-corrected chi connectivity index (χ4v) is 3.30.